The van der Waals surface area contributed by atoms with Gasteiger partial charge in [-0.2, -0.15) is 0 Å². The van der Waals surface area contributed by atoms with E-state index in [1.165, 1.54) is 12.8 Å². The first-order valence-electron chi connectivity index (χ1n) is 7.37. The predicted octanol–water partition coefficient (Wildman–Crippen LogP) is 3.74. The molecule has 0 saturated heterocycles. The van der Waals surface area contributed by atoms with Gasteiger partial charge in [-0.25, -0.2) is 4.79 Å². The number of ketones is 1. The molecule has 3 rings (SSSR count). The lowest BCUT2D eigenvalue weighted by Crippen LogP contribution is -2.06. The lowest BCUT2D eigenvalue weighted by Gasteiger charge is -2.11. The number of hydrogen-bond acceptors (Lipinski definition) is 2. The molecule has 4 nitrogen and oxygen atoms in total. The van der Waals surface area contributed by atoms with Gasteiger partial charge >= 0.3 is 5.97 Å². The molecule has 0 unspecified atom stereocenters. The van der Waals surface area contributed by atoms with Crippen LogP contribution >= 0.6 is 0 Å². The number of hydrogen-bond donors (Lipinski definition) is 1. The number of nitrogens with zero attached hydrogens (tertiary/aromatic N) is 1. The topological polar surface area (TPSA) is 59.3 Å². The van der Waals surface area contributed by atoms with E-state index >= 15 is 0 Å². The highest BCUT2D eigenvalue weighted by Gasteiger charge is 2.27. The number of aromatic carboxylic acids is 1. The summed E-state index contributed by atoms with van der Waals surface area (Å²) in [6, 6.07) is 5.16. The van der Waals surface area contributed by atoms with E-state index in [9.17, 15) is 9.59 Å². The van der Waals surface area contributed by atoms with Crippen LogP contribution in [0.2, 0.25) is 0 Å². The van der Waals surface area contributed by atoms with Crippen molar-refractivity contribution in [1.29, 1.82) is 0 Å². The van der Waals surface area contributed by atoms with Gasteiger partial charge in [0.05, 0.1) is 11.3 Å². The molecule has 0 bridgehead atoms. The summed E-state index contributed by atoms with van der Waals surface area (Å²) in [6.07, 6.45) is 4.62. The van der Waals surface area contributed by atoms with Gasteiger partial charge in [0.1, 0.15) is 0 Å². The molecule has 2 aromatic rings. The molecular formula is C17H19NO3. The molecule has 1 aliphatic carbocycles. The van der Waals surface area contributed by atoms with E-state index < -0.39 is 5.97 Å². The zero-order valence-electron chi connectivity index (χ0n) is 12.3. The maximum absolute atomic E-state index is 12.1. The zero-order chi connectivity index (χ0) is 15.1. The number of fused-ring (bicyclic) bond motifs is 1. The van der Waals surface area contributed by atoms with Crippen LogP contribution in [0, 0.1) is 0 Å². The third kappa shape index (κ3) is 2.15. The second kappa shape index (κ2) is 5.02. The maximum Gasteiger partial charge on any atom is 0.335 e. The minimum absolute atomic E-state index is 0.0486. The van der Waals surface area contributed by atoms with E-state index in [0.717, 1.165) is 35.0 Å². The molecule has 1 aromatic heterocycles. The second-order valence-corrected chi connectivity index (χ2v) is 5.90. The lowest BCUT2D eigenvalue weighted by molar-refractivity contribution is 0.0697. The van der Waals surface area contributed by atoms with Crippen molar-refractivity contribution in [2.45, 2.75) is 38.5 Å². The first-order chi connectivity index (χ1) is 10.0. The SMILES string of the molecule is CC(=O)c1c(C2CCCC2)c2ccc(C(=O)O)cc2n1C. The van der Waals surface area contributed by atoms with Gasteiger partial charge in [-0.15, -0.1) is 0 Å². The molecule has 0 aliphatic heterocycles. The Morgan fingerprint density at radius 1 is 1.24 bits per heavy atom. The van der Waals surface area contributed by atoms with Gasteiger partial charge in [0.25, 0.3) is 0 Å². The van der Waals surface area contributed by atoms with Gasteiger partial charge in [-0.05, 0) is 36.5 Å². The van der Waals surface area contributed by atoms with Crippen molar-refractivity contribution >= 4 is 22.7 Å². The summed E-state index contributed by atoms with van der Waals surface area (Å²) >= 11 is 0. The number of carbonyl (C=O) groups excluding carboxylic acids is 1. The van der Waals surface area contributed by atoms with Crippen LogP contribution < -0.4 is 0 Å². The second-order valence-electron chi connectivity index (χ2n) is 5.90. The van der Waals surface area contributed by atoms with E-state index in [0.29, 0.717) is 5.92 Å². The predicted molar refractivity (Wildman–Crippen MR) is 81.1 cm³/mol. The van der Waals surface area contributed by atoms with E-state index in [-0.39, 0.29) is 11.3 Å². The summed E-state index contributed by atoms with van der Waals surface area (Å²) in [5.74, 6) is -0.472. The van der Waals surface area contributed by atoms with E-state index in [4.69, 9.17) is 5.11 Å². The number of aromatic nitrogens is 1. The number of aryl methyl sites for hydroxylation is 1. The summed E-state index contributed by atoms with van der Waals surface area (Å²) < 4.78 is 1.86. The Balaban J connectivity index is 2.30. The van der Waals surface area contributed by atoms with Crippen LogP contribution in [0.3, 0.4) is 0 Å². The van der Waals surface area contributed by atoms with Crippen LogP contribution in [-0.2, 0) is 7.05 Å². The number of benzene rings is 1. The minimum Gasteiger partial charge on any atom is -0.478 e. The van der Waals surface area contributed by atoms with Gasteiger partial charge in [0.15, 0.2) is 5.78 Å². The maximum atomic E-state index is 12.1. The fourth-order valence-corrected chi connectivity index (χ4v) is 3.65. The molecular weight excluding hydrogens is 266 g/mol. The third-order valence-corrected chi connectivity index (χ3v) is 4.58. The van der Waals surface area contributed by atoms with Gasteiger partial charge in [0, 0.05) is 24.9 Å². The van der Waals surface area contributed by atoms with Crippen LogP contribution in [0.1, 0.15) is 64.9 Å². The molecule has 21 heavy (non-hydrogen) atoms. The van der Waals surface area contributed by atoms with Gasteiger partial charge in [-0.3, -0.25) is 4.79 Å². The quantitative estimate of drug-likeness (QED) is 0.874. The summed E-state index contributed by atoms with van der Waals surface area (Å²) in [5.41, 5.74) is 2.95. The fraction of sp³-hybridized carbons (Fsp3) is 0.412. The first kappa shape index (κ1) is 13.9. The zero-order valence-corrected chi connectivity index (χ0v) is 12.3. The summed E-state index contributed by atoms with van der Waals surface area (Å²) in [4.78, 5) is 23.3. The van der Waals surface area contributed by atoms with Crippen molar-refractivity contribution in [1.82, 2.24) is 4.57 Å². The molecule has 0 amide bonds. The molecule has 0 atom stereocenters. The number of carboxylic acids is 1. The average Bonchev–Trinajstić information content (AvgIpc) is 3.04. The minimum atomic E-state index is -0.940. The molecule has 1 saturated carbocycles. The van der Waals surface area contributed by atoms with Crippen molar-refractivity contribution < 1.29 is 14.7 Å². The Labute approximate surface area is 123 Å². The van der Waals surface area contributed by atoms with Crippen molar-refractivity contribution in [3.05, 3.63) is 35.0 Å². The largest absolute Gasteiger partial charge is 0.478 e. The molecule has 1 aromatic carbocycles. The average molecular weight is 285 g/mol. The van der Waals surface area contributed by atoms with Crippen molar-refractivity contribution in [2.24, 2.45) is 7.05 Å². The molecule has 1 fully saturated rings. The Hall–Kier alpha value is -2.10. The van der Waals surface area contributed by atoms with Crippen LogP contribution in [-0.4, -0.2) is 21.4 Å². The standard InChI is InChI=1S/C17H19NO3/c1-10(19)16-15(11-5-3-4-6-11)13-8-7-12(17(20)21)9-14(13)18(16)2/h7-9,11H,3-6H2,1-2H3,(H,20,21). The number of carboxylic acid groups (broad SMARTS) is 1. The van der Waals surface area contributed by atoms with Crippen molar-refractivity contribution in [2.75, 3.05) is 0 Å². The van der Waals surface area contributed by atoms with Gasteiger partial charge in [0.2, 0.25) is 0 Å². The third-order valence-electron chi connectivity index (χ3n) is 4.58. The van der Waals surface area contributed by atoms with Crippen molar-refractivity contribution in [3.8, 4) is 0 Å². The molecule has 1 N–H and O–H groups in total. The van der Waals surface area contributed by atoms with Gasteiger partial charge in [-0.1, -0.05) is 18.9 Å². The number of rotatable bonds is 3. The fourth-order valence-electron chi connectivity index (χ4n) is 3.65. The number of Topliss-reactive ketones (excluding diaryl/α,β-unsaturated/α-hetero) is 1. The Morgan fingerprint density at radius 2 is 1.90 bits per heavy atom. The summed E-state index contributed by atoms with van der Waals surface area (Å²) in [5, 5.41) is 10.2. The number of carbonyl (C=O) groups is 2. The van der Waals surface area contributed by atoms with Crippen LogP contribution in [0.25, 0.3) is 10.9 Å². The van der Waals surface area contributed by atoms with Crippen LogP contribution in [0.15, 0.2) is 18.2 Å². The molecule has 0 radical (unpaired) electrons. The molecule has 1 heterocycles. The molecule has 0 spiro atoms. The normalized spacial score (nSPS) is 15.7. The highest BCUT2D eigenvalue weighted by atomic mass is 16.4. The van der Waals surface area contributed by atoms with E-state index in [1.54, 1.807) is 19.1 Å². The van der Waals surface area contributed by atoms with Crippen LogP contribution in [0.5, 0.6) is 0 Å². The summed E-state index contributed by atoms with van der Waals surface area (Å²) in [7, 11) is 1.85. The Morgan fingerprint density at radius 3 is 2.48 bits per heavy atom. The lowest BCUT2D eigenvalue weighted by atomic mass is 9.93. The molecule has 1 aliphatic rings. The Bertz CT molecular complexity index is 736. The molecule has 4 heteroatoms. The van der Waals surface area contributed by atoms with Crippen molar-refractivity contribution in [3.63, 3.8) is 0 Å². The highest BCUT2D eigenvalue weighted by Crippen LogP contribution is 2.41. The van der Waals surface area contributed by atoms with E-state index in [1.807, 2.05) is 17.7 Å². The van der Waals surface area contributed by atoms with Crippen LogP contribution in [0.4, 0.5) is 0 Å². The first-order valence-corrected chi connectivity index (χ1v) is 7.37. The monoisotopic (exact) mass is 285 g/mol. The molecule has 110 valence electrons. The summed E-state index contributed by atoms with van der Waals surface area (Å²) in [6.45, 7) is 1.59. The highest BCUT2D eigenvalue weighted by molar-refractivity contribution is 6.03. The van der Waals surface area contributed by atoms with E-state index in [2.05, 4.69) is 0 Å². The van der Waals surface area contributed by atoms with Gasteiger partial charge < -0.3 is 9.67 Å². The smallest absolute Gasteiger partial charge is 0.335 e. The Kier molecular flexibility index (Phi) is 3.32.